The van der Waals surface area contributed by atoms with Crippen LogP contribution in [0.3, 0.4) is 0 Å². The smallest absolute Gasteiger partial charge is 0.180 e. The third-order valence-electron chi connectivity index (χ3n) is 10.6. The SMILES string of the molecule is c1ccc(-c2nc(-c3ccc4sc5ccccc5c4c3)nc(-c3cccc4c3sc3cc(-c5nc(-c6ccccc6)c6oc7ccccc7c6n5)ccc34)n2)cc1. The third kappa shape index (κ3) is 5.26. The first-order chi connectivity index (χ1) is 28.2. The van der Waals surface area contributed by atoms with E-state index < -0.39 is 0 Å². The molecule has 0 saturated carbocycles. The molecule has 0 amide bonds. The zero-order valence-corrected chi connectivity index (χ0v) is 31.7. The van der Waals surface area contributed by atoms with Crippen LogP contribution in [0.1, 0.15) is 0 Å². The van der Waals surface area contributed by atoms with Gasteiger partial charge in [0.15, 0.2) is 28.9 Å². The fourth-order valence-electron chi connectivity index (χ4n) is 7.83. The summed E-state index contributed by atoms with van der Waals surface area (Å²) in [5.41, 5.74) is 7.84. The molecule has 12 aromatic rings. The lowest BCUT2D eigenvalue weighted by Gasteiger charge is -2.09. The lowest BCUT2D eigenvalue weighted by molar-refractivity contribution is 0.667. The number of benzene rings is 7. The van der Waals surface area contributed by atoms with Gasteiger partial charge in [-0.25, -0.2) is 24.9 Å². The highest BCUT2D eigenvalue weighted by Gasteiger charge is 2.20. The molecular formula is C49H27N5OS2. The van der Waals surface area contributed by atoms with Crippen LogP contribution in [0.25, 0.3) is 119 Å². The third-order valence-corrected chi connectivity index (χ3v) is 12.9. The van der Waals surface area contributed by atoms with Crippen LogP contribution in [0, 0.1) is 0 Å². The van der Waals surface area contributed by atoms with Gasteiger partial charge in [0.1, 0.15) is 16.8 Å². The summed E-state index contributed by atoms with van der Waals surface area (Å²) in [6.07, 6.45) is 0. The van der Waals surface area contributed by atoms with E-state index in [0.717, 1.165) is 70.2 Å². The molecule has 0 fully saturated rings. The molecule has 266 valence electrons. The van der Waals surface area contributed by atoms with Crippen molar-refractivity contribution in [3.05, 3.63) is 164 Å². The van der Waals surface area contributed by atoms with E-state index in [4.69, 9.17) is 29.3 Å². The average molecular weight is 766 g/mol. The number of thiophene rings is 2. The second kappa shape index (κ2) is 12.7. The van der Waals surface area contributed by atoms with Gasteiger partial charge in [0.2, 0.25) is 0 Å². The van der Waals surface area contributed by atoms with Crippen LogP contribution in [0.4, 0.5) is 0 Å². The van der Waals surface area contributed by atoms with Gasteiger partial charge in [0.05, 0.1) is 0 Å². The summed E-state index contributed by atoms with van der Waals surface area (Å²) in [6.45, 7) is 0. The number of nitrogens with zero attached hydrogens (tertiary/aromatic N) is 5. The fraction of sp³-hybridized carbons (Fsp3) is 0. The lowest BCUT2D eigenvalue weighted by Crippen LogP contribution is -2.00. The summed E-state index contributed by atoms with van der Waals surface area (Å²) < 4.78 is 11.1. The first kappa shape index (κ1) is 32.1. The van der Waals surface area contributed by atoms with Gasteiger partial charge in [-0.3, -0.25) is 0 Å². The van der Waals surface area contributed by atoms with Crippen molar-refractivity contribution in [3.63, 3.8) is 0 Å². The molecule has 0 saturated heterocycles. The number of hydrogen-bond acceptors (Lipinski definition) is 8. The first-order valence-electron chi connectivity index (χ1n) is 18.7. The van der Waals surface area contributed by atoms with Gasteiger partial charge in [-0.2, -0.15) is 0 Å². The molecule has 0 bridgehead atoms. The molecule has 0 N–H and O–H groups in total. The van der Waals surface area contributed by atoms with Gasteiger partial charge in [0, 0.05) is 73.5 Å². The Morgan fingerprint density at radius 1 is 0.368 bits per heavy atom. The minimum atomic E-state index is 0.639. The predicted molar refractivity (Wildman–Crippen MR) is 236 cm³/mol. The van der Waals surface area contributed by atoms with E-state index in [9.17, 15) is 0 Å². The Kier molecular flexibility index (Phi) is 7.17. The van der Waals surface area contributed by atoms with Gasteiger partial charge >= 0.3 is 0 Å². The van der Waals surface area contributed by atoms with Crippen LogP contribution in [-0.2, 0) is 0 Å². The number of furan rings is 1. The molecule has 0 radical (unpaired) electrons. The summed E-state index contributed by atoms with van der Waals surface area (Å²) in [6, 6.07) is 56.4. The number of para-hydroxylation sites is 1. The minimum absolute atomic E-state index is 0.639. The Morgan fingerprint density at radius 2 is 1.00 bits per heavy atom. The van der Waals surface area contributed by atoms with E-state index in [1.807, 2.05) is 54.6 Å². The molecule has 57 heavy (non-hydrogen) atoms. The van der Waals surface area contributed by atoms with E-state index in [2.05, 4.69) is 109 Å². The van der Waals surface area contributed by atoms with Gasteiger partial charge in [-0.15, -0.1) is 22.7 Å². The van der Waals surface area contributed by atoms with Crippen molar-refractivity contribution in [1.29, 1.82) is 0 Å². The molecule has 12 rings (SSSR count). The van der Waals surface area contributed by atoms with Crippen molar-refractivity contribution < 1.29 is 4.42 Å². The molecule has 0 aliphatic rings. The number of rotatable bonds is 5. The van der Waals surface area contributed by atoms with Gasteiger partial charge in [0.25, 0.3) is 0 Å². The monoisotopic (exact) mass is 765 g/mol. The van der Waals surface area contributed by atoms with Crippen LogP contribution in [0.5, 0.6) is 0 Å². The van der Waals surface area contributed by atoms with Crippen molar-refractivity contribution >= 4 is 85.1 Å². The van der Waals surface area contributed by atoms with Crippen LogP contribution >= 0.6 is 22.7 Å². The average Bonchev–Trinajstić information content (AvgIpc) is 3.97. The zero-order valence-electron chi connectivity index (χ0n) is 30.0. The standard InChI is InChI=1S/C49H27N5OS2/c1-3-12-28(13-4-1)42-44-43(35-17-7-9-20-38(35)55-44)51-47(50-42)31-22-24-33-34-18-11-19-36(45(34)57-41(33)27-31)49-53-46(29-14-5-2-6-15-29)52-48(54-49)30-23-25-40-37(26-30)32-16-8-10-21-39(32)56-40/h1-27H. The minimum Gasteiger partial charge on any atom is -0.452 e. The normalized spacial score (nSPS) is 11.9. The van der Waals surface area contributed by atoms with E-state index in [0.29, 0.717) is 28.9 Å². The first-order valence-corrected chi connectivity index (χ1v) is 20.3. The quantitative estimate of drug-likeness (QED) is 0.174. The maximum Gasteiger partial charge on any atom is 0.180 e. The predicted octanol–water partition coefficient (Wildman–Crippen LogP) is 13.6. The molecule has 8 heteroatoms. The maximum atomic E-state index is 6.36. The summed E-state index contributed by atoms with van der Waals surface area (Å²) >= 11 is 3.54. The van der Waals surface area contributed by atoms with Crippen molar-refractivity contribution in [2.45, 2.75) is 0 Å². The molecule has 7 aromatic carbocycles. The Bertz CT molecular complexity index is 3540. The summed E-state index contributed by atoms with van der Waals surface area (Å²) in [7, 11) is 0. The Hall–Kier alpha value is -7.13. The topological polar surface area (TPSA) is 77.6 Å². The molecule has 6 nitrogen and oxygen atoms in total. The van der Waals surface area contributed by atoms with Crippen LogP contribution in [0.2, 0.25) is 0 Å². The lowest BCUT2D eigenvalue weighted by atomic mass is 10.1. The summed E-state index contributed by atoms with van der Waals surface area (Å²) in [5.74, 6) is 2.57. The Morgan fingerprint density at radius 3 is 1.86 bits per heavy atom. The van der Waals surface area contributed by atoms with Gasteiger partial charge in [-0.1, -0.05) is 115 Å². The zero-order chi connectivity index (χ0) is 37.5. The van der Waals surface area contributed by atoms with Crippen LogP contribution < -0.4 is 0 Å². The Labute approximate surface area is 333 Å². The summed E-state index contributed by atoms with van der Waals surface area (Å²) in [4.78, 5) is 25.7. The highest BCUT2D eigenvalue weighted by atomic mass is 32.1. The molecule has 0 spiro atoms. The van der Waals surface area contributed by atoms with Crippen molar-refractivity contribution in [2.24, 2.45) is 0 Å². The second-order valence-corrected chi connectivity index (χ2v) is 16.2. The van der Waals surface area contributed by atoms with Crippen LogP contribution in [0.15, 0.2) is 168 Å². The highest BCUT2D eigenvalue weighted by molar-refractivity contribution is 7.26. The fourth-order valence-corrected chi connectivity index (χ4v) is 10.2. The van der Waals surface area contributed by atoms with Crippen molar-refractivity contribution in [1.82, 2.24) is 24.9 Å². The van der Waals surface area contributed by atoms with Gasteiger partial charge in [-0.05, 0) is 48.5 Å². The van der Waals surface area contributed by atoms with E-state index >= 15 is 0 Å². The number of aromatic nitrogens is 5. The largest absolute Gasteiger partial charge is 0.452 e. The van der Waals surface area contributed by atoms with Crippen molar-refractivity contribution in [3.8, 4) is 56.8 Å². The molecule has 0 aliphatic carbocycles. The molecule has 0 aliphatic heterocycles. The van der Waals surface area contributed by atoms with Crippen LogP contribution in [-0.4, -0.2) is 24.9 Å². The van der Waals surface area contributed by atoms with E-state index in [-0.39, 0.29) is 0 Å². The molecule has 0 unspecified atom stereocenters. The Balaban J connectivity index is 1.03. The maximum absolute atomic E-state index is 6.36. The van der Waals surface area contributed by atoms with E-state index in [1.54, 1.807) is 22.7 Å². The van der Waals surface area contributed by atoms with Crippen molar-refractivity contribution in [2.75, 3.05) is 0 Å². The van der Waals surface area contributed by atoms with E-state index in [1.165, 1.54) is 20.2 Å². The van der Waals surface area contributed by atoms with Gasteiger partial charge < -0.3 is 4.42 Å². The molecule has 5 aromatic heterocycles. The second-order valence-electron chi connectivity index (χ2n) is 14.0. The summed E-state index contributed by atoms with van der Waals surface area (Å²) in [5, 5.41) is 5.72. The molecular weight excluding hydrogens is 739 g/mol. The molecule has 0 atom stereocenters. The number of hydrogen-bond donors (Lipinski definition) is 0. The highest BCUT2D eigenvalue weighted by Crippen LogP contribution is 2.42. The number of fused-ring (bicyclic) bond motifs is 9. The molecule has 5 heterocycles.